The Balaban J connectivity index is 1.74. The van der Waals surface area contributed by atoms with Crippen LogP contribution in [0.3, 0.4) is 0 Å². The normalized spacial score (nSPS) is 15.1. The molecule has 0 aliphatic carbocycles. The molecule has 0 radical (unpaired) electrons. The number of nitriles is 2. The zero-order valence-corrected chi connectivity index (χ0v) is 49.5. The van der Waals surface area contributed by atoms with Crippen molar-refractivity contribution in [3.63, 3.8) is 0 Å². The smallest absolute Gasteiger partial charge is 0.430 e. The largest absolute Gasteiger partial charge is 0.488 e. The van der Waals surface area contributed by atoms with E-state index in [0.717, 1.165) is 106 Å². The molecule has 1 aliphatic rings. The molecule has 4 rings (SSSR count). The van der Waals surface area contributed by atoms with Gasteiger partial charge >= 0.3 is 6.18 Å². The number of nitrogens with zero attached hydrogens (tertiary/aromatic N) is 4. The highest BCUT2D eigenvalue weighted by Gasteiger charge is 2.60. The lowest BCUT2D eigenvalue weighted by molar-refractivity contribution is -0.236. The molecule has 0 saturated heterocycles. The Bertz CT molecular complexity index is 2610. The summed E-state index contributed by atoms with van der Waals surface area (Å²) in [5, 5.41) is 19.4. The first-order valence-corrected chi connectivity index (χ1v) is 31.6. The Morgan fingerprint density at radius 3 is 1.50 bits per heavy atom. The Kier molecular flexibility index (Phi) is 25.3. The fourth-order valence-corrected chi connectivity index (χ4v) is 10.8. The van der Waals surface area contributed by atoms with Gasteiger partial charge in [0.25, 0.3) is 0 Å². The van der Waals surface area contributed by atoms with Crippen molar-refractivity contribution in [2.45, 2.75) is 169 Å². The molecule has 0 spiro atoms. The first-order chi connectivity index (χ1) is 36.3. The topological polar surface area (TPSA) is 111 Å². The number of benzene rings is 1. The minimum absolute atomic E-state index is 0.227. The summed E-state index contributed by atoms with van der Waals surface area (Å²) in [6.07, 6.45) is 17.0. The van der Waals surface area contributed by atoms with E-state index < -0.39 is 42.7 Å². The number of anilines is 1. The third kappa shape index (κ3) is 17.0. The summed E-state index contributed by atoms with van der Waals surface area (Å²) < 4.78 is 82.2. The molecule has 0 saturated carbocycles. The van der Waals surface area contributed by atoms with E-state index in [2.05, 4.69) is 108 Å². The lowest BCUT2D eigenvalue weighted by Crippen LogP contribution is -2.43. The second kappa shape index (κ2) is 30.5. The van der Waals surface area contributed by atoms with Crippen molar-refractivity contribution < 1.29 is 41.3 Å². The summed E-state index contributed by atoms with van der Waals surface area (Å²) in [4.78, 5) is 8.60. The van der Waals surface area contributed by atoms with Gasteiger partial charge in [-0.05, 0) is 113 Å². The van der Waals surface area contributed by atoms with Crippen LogP contribution >= 0.6 is 22.7 Å². The van der Waals surface area contributed by atoms with E-state index in [-0.39, 0.29) is 5.04 Å². The second-order valence-electron chi connectivity index (χ2n) is 20.4. The molecule has 1 unspecified atom stereocenters. The Morgan fingerprint density at radius 1 is 0.671 bits per heavy atom. The number of alkyl halides is 3. The summed E-state index contributed by atoms with van der Waals surface area (Å²) in [5.41, 5.74) is -2.60. The number of unbranched alkanes of at least 4 members (excludes halogenated alkanes) is 7. The summed E-state index contributed by atoms with van der Waals surface area (Å²) in [7, 11) is -1.71. The number of thiophene rings is 2. The minimum atomic E-state index is -5.01. The fourth-order valence-electron chi connectivity index (χ4n) is 7.69. The highest BCUT2D eigenvalue weighted by Crippen LogP contribution is 2.52. The molecule has 1 atom stereocenters. The van der Waals surface area contributed by atoms with E-state index in [1.54, 1.807) is 12.1 Å². The van der Waals surface area contributed by atoms with Gasteiger partial charge in [0.1, 0.15) is 12.1 Å². The van der Waals surface area contributed by atoms with Gasteiger partial charge in [-0.15, -0.1) is 22.7 Å². The van der Waals surface area contributed by atoms with Crippen molar-refractivity contribution in [2.75, 3.05) is 51.0 Å². The molecule has 3 heterocycles. The minimum Gasteiger partial charge on any atom is -0.488 e. The summed E-state index contributed by atoms with van der Waals surface area (Å²) in [6, 6.07) is 11.8. The molecular weight excluding hydrogens is 1020 g/mol. The SMILES string of the molecule is [C-]#[N+]C1=C(/C=C/c2sc(/C=C/c3sc(/C=C/c4ccc(N(CC)CCCCCCO[Si](C)(C)C(C)(C)C)cc4)c(OCCCC)c3OCCCC)c(OCCCC)c2OCCCC)C(C)(C(F)(F)F)OC1=C(C#N)C#N. The van der Waals surface area contributed by atoms with Crippen LogP contribution in [-0.2, 0) is 9.16 Å². The number of halogens is 3. The van der Waals surface area contributed by atoms with Gasteiger partial charge < -0.3 is 33.0 Å². The monoisotopic (exact) mass is 1100 g/mol. The third-order valence-electron chi connectivity index (χ3n) is 13.6. The summed E-state index contributed by atoms with van der Waals surface area (Å²) in [5.74, 6) is 1.41. The molecule has 76 heavy (non-hydrogen) atoms. The van der Waals surface area contributed by atoms with E-state index >= 15 is 0 Å². The van der Waals surface area contributed by atoms with Crippen LogP contribution in [0, 0.1) is 29.2 Å². The lowest BCUT2D eigenvalue weighted by Gasteiger charge is -2.36. The molecule has 0 bridgehead atoms. The van der Waals surface area contributed by atoms with E-state index in [1.807, 2.05) is 19.1 Å². The number of ether oxygens (including phenoxy) is 5. The highest BCUT2D eigenvalue weighted by atomic mass is 32.1. The molecule has 1 aromatic carbocycles. The fraction of sp³-hybridized carbons (Fsp3) is 0.550. The van der Waals surface area contributed by atoms with Gasteiger partial charge in [-0.3, -0.25) is 0 Å². The van der Waals surface area contributed by atoms with Crippen LogP contribution in [0.4, 0.5) is 18.9 Å². The van der Waals surface area contributed by atoms with Gasteiger partial charge in [0.2, 0.25) is 11.3 Å². The molecule has 414 valence electrons. The zero-order valence-electron chi connectivity index (χ0n) is 46.9. The molecule has 2 aromatic heterocycles. The van der Waals surface area contributed by atoms with Crippen molar-refractivity contribution in [1.82, 2.24) is 0 Å². The van der Waals surface area contributed by atoms with Crippen molar-refractivity contribution in [1.29, 1.82) is 10.5 Å². The summed E-state index contributed by atoms with van der Waals surface area (Å²) >= 11 is 2.80. The number of hydrogen-bond donors (Lipinski definition) is 0. The maximum atomic E-state index is 14.8. The molecule has 1 aliphatic heterocycles. The molecule has 10 nitrogen and oxygen atoms in total. The van der Waals surface area contributed by atoms with Gasteiger partial charge in [-0.2, -0.15) is 23.7 Å². The average molecular weight is 1100 g/mol. The first kappa shape index (κ1) is 63.1. The van der Waals surface area contributed by atoms with E-state index in [4.69, 9.17) is 34.7 Å². The molecule has 0 N–H and O–H groups in total. The molecular formula is C60H81F3N4O6S2Si. The quantitative estimate of drug-likeness (QED) is 0.0261. The van der Waals surface area contributed by atoms with Gasteiger partial charge in [0.15, 0.2) is 42.6 Å². The van der Waals surface area contributed by atoms with Crippen LogP contribution < -0.4 is 23.8 Å². The Morgan fingerprint density at radius 2 is 1.11 bits per heavy atom. The van der Waals surface area contributed by atoms with Crippen LogP contribution in [-0.4, -0.2) is 66.2 Å². The van der Waals surface area contributed by atoms with Gasteiger partial charge in [-0.1, -0.05) is 111 Å². The van der Waals surface area contributed by atoms with Crippen LogP contribution in [0.15, 0.2) is 52.9 Å². The van der Waals surface area contributed by atoms with Crippen molar-refractivity contribution >= 4 is 67.1 Å². The number of allylic oxidation sites excluding steroid dienone is 1. The van der Waals surface area contributed by atoms with E-state index in [9.17, 15) is 23.7 Å². The zero-order chi connectivity index (χ0) is 55.9. The van der Waals surface area contributed by atoms with E-state index in [0.29, 0.717) is 65.6 Å². The Labute approximate surface area is 461 Å². The predicted octanol–water partition coefficient (Wildman–Crippen LogP) is 18.1. The third-order valence-corrected chi connectivity index (χ3v) is 20.3. The van der Waals surface area contributed by atoms with Gasteiger partial charge in [0.05, 0.1) is 52.5 Å². The summed E-state index contributed by atoms with van der Waals surface area (Å²) in [6.45, 7) is 35.1. The van der Waals surface area contributed by atoms with Gasteiger partial charge in [0, 0.05) is 31.0 Å². The van der Waals surface area contributed by atoms with E-state index in [1.165, 1.54) is 46.9 Å². The molecule has 0 fully saturated rings. The van der Waals surface area contributed by atoms with Crippen molar-refractivity contribution in [2.24, 2.45) is 0 Å². The van der Waals surface area contributed by atoms with Gasteiger partial charge in [-0.25, -0.2) is 4.85 Å². The second-order valence-corrected chi connectivity index (χ2v) is 27.4. The average Bonchev–Trinajstić information content (AvgIpc) is 4.00. The highest BCUT2D eigenvalue weighted by molar-refractivity contribution is 7.15. The Hall–Kier alpha value is -5.44. The number of rotatable bonds is 32. The maximum absolute atomic E-state index is 14.8. The standard InChI is InChI=1S/C60H81F3N4O6S2Si/c1-13-18-37-68-54-48(32-28-44-26-29-46(30-27-44)67(17-5)36-24-22-23-25-41-72-76(11,12)58(6,7)8)74-50(56(54)70-39-20-15-3)34-35-51-57(71-40-21-16-4)55(69-38-19-14-2)49(75-51)33-31-47-52(66-10)53(45(42-64)43-65)73-59(47,9)60(61,62)63/h26-35H,13-25,36-41H2,1-9,11-12H3/b32-28+,33-31+,35-34+. The van der Waals surface area contributed by atoms with Crippen LogP contribution in [0.5, 0.6) is 23.0 Å². The number of hydrogen-bond acceptors (Lipinski definition) is 11. The molecule has 16 heteroatoms. The maximum Gasteiger partial charge on any atom is 0.430 e. The molecule has 0 amide bonds. The van der Waals surface area contributed by atoms with Crippen LogP contribution in [0.2, 0.25) is 18.1 Å². The van der Waals surface area contributed by atoms with Crippen molar-refractivity contribution in [3.05, 3.63) is 89.4 Å². The van der Waals surface area contributed by atoms with Crippen LogP contribution in [0.25, 0.3) is 35.2 Å². The lowest BCUT2D eigenvalue weighted by atomic mass is 9.94. The van der Waals surface area contributed by atoms with Crippen LogP contribution in [0.1, 0.15) is 164 Å². The molecule has 3 aromatic rings. The predicted molar refractivity (Wildman–Crippen MR) is 311 cm³/mol. The van der Waals surface area contributed by atoms with Crippen molar-refractivity contribution in [3.8, 4) is 35.1 Å². The first-order valence-electron chi connectivity index (χ1n) is 27.1.